The third-order valence-corrected chi connectivity index (χ3v) is 4.60. The molecule has 1 amide bonds. The van der Waals surface area contributed by atoms with Gasteiger partial charge in [-0.2, -0.15) is 0 Å². The van der Waals surface area contributed by atoms with Crippen LogP contribution in [0, 0.1) is 0 Å². The van der Waals surface area contributed by atoms with E-state index in [2.05, 4.69) is 36.2 Å². The number of carbonyl (C=O) groups is 1. The second-order valence-corrected chi connectivity index (χ2v) is 6.38. The lowest BCUT2D eigenvalue weighted by molar-refractivity contribution is -0.127. The molecule has 0 radical (unpaired) electrons. The first-order valence-corrected chi connectivity index (χ1v) is 9.44. The molecule has 0 unspecified atom stereocenters. The zero-order valence-corrected chi connectivity index (χ0v) is 16.7. The molecule has 1 atom stereocenters. The molecule has 2 aromatic carbocycles. The second-order valence-electron chi connectivity index (χ2n) is 6.38. The third kappa shape index (κ3) is 6.29. The largest absolute Gasteiger partial charge is 0.497 e. The van der Waals surface area contributed by atoms with Crippen LogP contribution in [0.15, 0.2) is 48.5 Å². The van der Waals surface area contributed by atoms with Gasteiger partial charge in [-0.25, -0.2) is 0 Å². The Morgan fingerprint density at radius 1 is 1.00 bits per heavy atom. The van der Waals surface area contributed by atoms with E-state index in [0.29, 0.717) is 12.3 Å². The van der Waals surface area contributed by atoms with E-state index in [1.54, 1.807) is 26.2 Å². The first-order valence-electron chi connectivity index (χ1n) is 9.44. The van der Waals surface area contributed by atoms with Crippen LogP contribution in [0.3, 0.4) is 0 Å². The van der Waals surface area contributed by atoms with Gasteiger partial charge in [-0.1, -0.05) is 38.1 Å². The van der Waals surface area contributed by atoms with E-state index in [4.69, 9.17) is 9.47 Å². The summed E-state index contributed by atoms with van der Waals surface area (Å²) in [5, 5.41) is 2.98. The molecule has 0 saturated heterocycles. The molecule has 0 saturated carbocycles. The Labute approximate surface area is 162 Å². The summed E-state index contributed by atoms with van der Waals surface area (Å²) in [4.78, 5) is 14.8. The van der Waals surface area contributed by atoms with Crippen molar-refractivity contribution in [2.45, 2.75) is 40.0 Å². The normalized spacial score (nSPS) is 11.9. The molecule has 0 aliphatic heterocycles. The molecular weight excluding hydrogens is 340 g/mol. The van der Waals surface area contributed by atoms with Crippen molar-refractivity contribution in [3.63, 3.8) is 0 Å². The lowest BCUT2D eigenvalue weighted by Crippen LogP contribution is -2.36. The molecule has 0 spiro atoms. The maximum Gasteiger partial charge on any atom is 0.261 e. The van der Waals surface area contributed by atoms with Gasteiger partial charge in [0.15, 0.2) is 6.10 Å². The SMILES string of the molecule is CCN(CC)Cc1ccccc1CNC(=O)[C@H](C)Oc1ccc(OC)cc1. The van der Waals surface area contributed by atoms with E-state index in [0.717, 1.165) is 30.9 Å². The number of methoxy groups -OCH3 is 1. The number of benzene rings is 2. The molecule has 0 aliphatic carbocycles. The molecule has 0 fully saturated rings. The van der Waals surface area contributed by atoms with Crippen LogP contribution in [0.5, 0.6) is 11.5 Å². The van der Waals surface area contributed by atoms with E-state index in [-0.39, 0.29) is 5.91 Å². The van der Waals surface area contributed by atoms with Gasteiger partial charge in [0.2, 0.25) is 0 Å². The van der Waals surface area contributed by atoms with Crippen molar-refractivity contribution in [1.29, 1.82) is 0 Å². The number of nitrogens with one attached hydrogen (secondary N) is 1. The second kappa shape index (κ2) is 10.6. The van der Waals surface area contributed by atoms with Gasteiger partial charge < -0.3 is 14.8 Å². The minimum Gasteiger partial charge on any atom is -0.497 e. The number of carbonyl (C=O) groups excluding carboxylic acids is 1. The molecule has 2 aromatic rings. The lowest BCUT2D eigenvalue weighted by atomic mass is 10.1. The van der Waals surface area contributed by atoms with Crippen LogP contribution >= 0.6 is 0 Å². The zero-order valence-electron chi connectivity index (χ0n) is 16.7. The van der Waals surface area contributed by atoms with Gasteiger partial charge in [0, 0.05) is 13.1 Å². The van der Waals surface area contributed by atoms with Crippen LogP contribution in [0.1, 0.15) is 31.9 Å². The molecule has 2 rings (SSSR count). The van der Waals surface area contributed by atoms with Gasteiger partial charge in [-0.05, 0) is 55.4 Å². The highest BCUT2D eigenvalue weighted by atomic mass is 16.5. The minimum absolute atomic E-state index is 0.136. The van der Waals surface area contributed by atoms with Gasteiger partial charge in [0.25, 0.3) is 5.91 Å². The minimum atomic E-state index is -0.576. The van der Waals surface area contributed by atoms with E-state index >= 15 is 0 Å². The van der Waals surface area contributed by atoms with Gasteiger partial charge in [-0.3, -0.25) is 9.69 Å². The Morgan fingerprint density at radius 3 is 2.19 bits per heavy atom. The summed E-state index contributed by atoms with van der Waals surface area (Å²) in [6, 6.07) is 15.4. The van der Waals surface area contributed by atoms with E-state index in [1.165, 1.54) is 5.56 Å². The highest BCUT2D eigenvalue weighted by Gasteiger charge is 2.15. The Morgan fingerprint density at radius 2 is 1.59 bits per heavy atom. The highest BCUT2D eigenvalue weighted by Crippen LogP contribution is 2.18. The molecule has 146 valence electrons. The third-order valence-electron chi connectivity index (χ3n) is 4.60. The van der Waals surface area contributed by atoms with E-state index in [1.807, 2.05) is 24.3 Å². The van der Waals surface area contributed by atoms with Crippen molar-refractivity contribution < 1.29 is 14.3 Å². The Hall–Kier alpha value is -2.53. The van der Waals surface area contributed by atoms with Crippen molar-refractivity contribution in [3.8, 4) is 11.5 Å². The van der Waals surface area contributed by atoms with E-state index in [9.17, 15) is 4.79 Å². The van der Waals surface area contributed by atoms with Crippen LogP contribution < -0.4 is 14.8 Å². The highest BCUT2D eigenvalue weighted by molar-refractivity contribution is 5.80. The fourth-order valence-corrected chi connectivity index (χ4v) is 2.81. The standard InChI is InChI=1S/C22H30N2O3/c1-5-24(6-2)16-19-10-8-7-9-18(19)15-23-22(25)17(3)27-21-13-11-20(26-4)12-14-21/h7-14,17H,5-6,15-16H2,1-4H3,(H,23,25)/t17-/m0/s1. The topological polar surface area (TPSA) is 50.8 Å². The molecule has 5 heteroatoms. The molecule has 0 bridgehead atoms. The number of ether oxygens (including phenoxy) is 2. The van der Waals surface area contributed by atoms with Gasteiger partial charge in [-0.15, -0.1) is 0 Å². The van der Waals surface area contributed by atoms with Crippen LogP contribution in [-0.4, -0.2) is 37.1 Å². The molecule has 5 nitrogen and oxygen atoms in total. The van der Waals surface area contributed by atoms with Gasteiger partial charge in [0.1, 0.15) is 11.5 Å². The molecule has 27 heavy (non-hydrogen) atoms. The fraction of sp³-hybridized carbons (Fsp3) is 0.409. The van der Waals surface area contributed by atoms with Gasteiger partial charge >= 0.3 is 0 Å². The molecule has 0 aliphatic rings. The maximum absolute atomic E-state index is 12.4. The monoisotopic (exact) mass is 370 g/mol. The molecule has 0 heterocycles. The first kappa shape index (κ1) is 20.8. The van der Waals surface area contributed by atoms with Gasteiger partial charge in [0.05, 0.1) is 7.11 Å². The smallest absolute Gasteiger partial charge is 0.261 e. The van der Waals surface area contributed by atoms with Crippen LogP contribution in [0.4, 0.5) is 0 Å². The molecular formula is C22H30N2O3. The van der Waals surface area contributed by atoms with Crippen molar-refractivity contribution in [3.05, 3.63) is 59.7 Å². The zero-order chi connectivity index (χ0) is 19.6. The maximum atomic E-state index is 12.4. The Bertz CT molecular complexity index is 712. The summed E-state index contributed by atoms with van der Waals surface area (Å²) in [5.41, 5.74) is 2.37. The van der Waals surface area contributed by atoms with Crippen molar-refractivity contribution >= 4 is 5.91 Å². The molecule has 0 aromatic heterocycles. The predicted octanol–water partition coefficient (Wildman–Crippen LogP) is 3.62. The average molecular weight is 370 g/mol. The average Bonchev–Trinajstić information content (AvgIpc) is 2.71. The van der Waals surface area contributed by atoms with Crippen molar-refractivity contribution in [1.82, 2.24) is 10.2 Å². The summed E-state index contributed by atoms with van der Waals surface area (Å²) in [5.74, 6) is 1.26. The lowest BCUT2D eigenvalue weighted by Gasteiger charge is -2.21. The van der Waals surface area contributed by atoms with Crippen molar-refractivity contribution in [2.75, 3.05) is 20.2 Å². The quantitative estimate of drug-likeness (QED) is 0.694. The number of nitrogens with zero attached hydrogens (tertiary/aromatic N) is 1. The predicted molar refractivity (Wildman–Crippen MR) is 108 cm³/mol. The van der Waals surface area contributed by atoms with Crippen molar-refractivity contribution in [2.24, 2.45) is 0 Å². The van der Waals surface area contributed by atoms with E-state index < -0.39 is 6.10 Å². The summed E-state index contributed by atoms with van der Waals surface area (Å²) >= 11 is 0. The summed E-state index contributed by atoms with van der Waals surface area (Å²) in [6.45, 7) is 9.46. The van der Waals surface area contributed by atoms with Crippen LogP contribution in [-0.2, 0) is 17.9 Å². The Balaban J connectivity index is 1.92. The Kier molecular flexibility index (Phi) is 8.14. The summed E-state index contributed by atoms with van der Waals surface area (Å²) in [6.07, 6.45) is -0.576. The number of hydrogen-bond donors (Lipinski definition) is 1. The van der Waals surface area contributed by atoms with Crippen LogP contribution in [0.2, 0.25) is 0 Å². The fourth-order valence-electron chi connectivity index (χ4n) is 2.81. The van der Waals surface area contributed by atoms with Crippen LogP contribution in [0.25, 0.3) is 0 Å². The summed E-state index contributed by atoms with van der Waals surface area (Å²) < 4.78 is 10.8. The first-order chi connectivity index (χ1) is 13.1. The number of hydrogen-bond acceptors (Lipinski definition) is 4. The molecule has 1 N–H and O–H groups in total. The number of rotatable bonds is 10. The number of amides is 1. The summed E-state index contributed by atoms with van der Waals surface area (Å²) in [7, 11) is 1.62.